The summed E-state index contributed by atoms with van der Waals surface area (Å²) in [5, 5.41) is 28.1. The Morgan fingerprint density at radius 3 is 1.54 bits per heavy atom. The third-order valence-electron chi connectivity index (χ3n) is 5.60. The molecule has 0 aromatic rings. The Hall–Kier alpha value is -3.25. The highest BCUT2D eigenvalue weighted by Gasteiger charge is 2.31. The number of ether oxygens (including phenoxy) is 2. The molecule has 37 heavy (non-hydrogen) atoms. The van der Waals surface area contributed by atoms with Gasteiger partial charge < -0.3 is 34.6 Å². The Bertz CT molecular complexity index is 719. The monoisotopic (exact) mass is 533 g/mol. The van der Waals surface area contributed by atoms with E-state index in [9.17, 15) is 39.3 Å². The zero-order chi connectivity index (χ0) is 28.2. The maximum Gasteiger partial charge on any atom is 0.408 e. The molecule has 3 amide bonds. The van der Waals surface area contributed by atoms with E-state index < -0.39 is 36.3 Å². The van der Waals surface area contributed by atoms with Crippen molar-refractivity contribution in [2.45, 2.75) is 78.2 Å². The van der Waals surface area contributed by atoms with Gasteiger partial charge in [0.1, 0.15) is 19.3 Å². The van der Waals surface area contributed by atoms with Crippen molar-refractivity contribution in [3.8, 4) is 0 Å². The Morgan fingerprint density at radius 2 is 1.11 bits per heavy atom. The number of nitrogens with zero attached hydrogens (tertiary/aromatic N) is 3. The minimum Gasteiger partial charge on any atom is -0.465 e. The van der Waals surface area contributed by atoms with E-state index in [1.165, 1.54) is 0 Å². The molecule has 0 aliphatic rings. The standard InChI is InChI=1S/C24H43N3O10/c1-4-7-12-25(22(30)31)15-17-36-20(28)11-10-19(27(24(34)35)14-9-6-3)21(29)37-18-16-26(23(32)33)13-8-5-2/h19H,4-18H2,1-3H3,(H,30,31)(H,32,33)(H,34,35). The lowest BCUT2D eigenvalue weighted by Crippen LogP contribution is -2.46. The first-order valence-corrected chi connectivity index (χ1v) is 12.9. The van der Waals surface area contributed by atoms with Crippen LogP contribution in [0.25, 0.3) is 0 Å². The van der Waals surface area contributed by atoms with Gasteiger partial charge >= 0.3 is 30.2 Å². The fourth-order valence-electron chi connectivity index (χ4n) is 3.37. The van der Waals surface area contributed by atoms with Gasteiger partial charge in [0, 0.05) is 26.1 Å². The van der Waals surface area contributed by atoms with Gasteiger partial charge in [0.05, 0.1) is 13.1 Å². The maximum atomic E-state index is 12.8. The van der Waals surface area contributed by atoms with Crippen LogP contribution >= 0.6 is 0 Å². The Morgan fingerprint density at radius 1 is 0.649 bits per heavy atom. The molecule has 3 N–H and O–H groups in total. The molecule has 0 aliphatic heterocycles. The minimum absolute atomic E-state index is 0.00238. The van der Waals surface area contributed by atoms with Crippen molar-refractivity contribution in [3.05, 3.63) is 0 Å². The van der Waals surface area contributed by atoms with Gasteiger partial charge in [0.2, 0.25) is 0 Å². The van der Waals surface area contributed by atoms with Crippen molar-refractivity contribution >= 4 is 30.2 Å². The molecule has 0 saturated heterocycles. The number of carbonyl (C=O) groups is 5. The molecule has 13 nitrogen and oxygen atoms in total. The van der Waals surface area contributed by atoms with Gasteiger partial charge in [0.25, 0.3) is 0 Å². The zero-order valence-corrected chi connectivity index (χ0v) is 22.2. The largest absolute Gasteiger partial charge is 0.465 e. The lowest BCUT2D eigenvalue weighted by molar-refractivity contribution is -0.151. The molecule has 0 fully saturated rings. The van der Waals surface area contributed by atoms with Crippen LogP contribution in [0, 0.1) is 0 Å². The van der Waals surface area contributed by atoms with Crippen LogP contribution in [0.2, 0.25) is 0 Å². The molecule has 13 heteroatoms. The van der Waals surface area contributed by atoms with Crippen LogP contribution < -0.4 is 0 Å². The first kappa shape index (κ1) is 33.8. The molecule has 0 aromatic carbocycles. The third kappa shape index (κ3) is 14.8. The van der Waals surface area contributed by atoms with Crippen LogP contribution in [0.15, 0.2) is 0 Å². The average Bonchev–Trinajstić information content (AvgIpc) is 2.84. The highest BCUT2D eigenvalue weighted by Crippen LogP contribution is 2.13. The van der Waals surface area contributed by atoms with Gasteiger partial charge in [-0.25, -0.2) is 19.2 Å². The Kier molecular flexibility index (Phi) is 18.1. The van der Waals surface area contributed by atoms with E-state index in [-0.39, 0.29) is 52.2 Å². The number of unbranched alkanes of at least 4 members (excludes halogenated alkanes) is 3. The maximum absolute atomic E-state index is 12.8. The molecule has 0 bridgehead atoms. The number of amides is 3. The van der Waals surface area contributed by atoms with Gasteiger partial charge in [0.15, 0.2) is 0 Å². The summed E-state index contributed by atoms with van der Waals surface area (Å²) in [7, 11) is 0. The van der Waals surface area contributed by atoms with Gasteiger partial charge in [-0.3, -0.25) is 9.69 Å². The summed E-state index contributed by atoms with van der Waals surface area (Å²) in [6.07, 6.45) is 0.0296. The summed E-state index contributed by atoms with van der Waals surface area (Å²) in [4.78, 5) is 62.6. The van der Waals surface area contributed by atoms with Crippen molar-refractivity contribution in [1.29, 1.82) is 0 Å². The van der Waals surface area contributed by atoms with Gasteiger partial charge in [-0.05, 0) is 25.7 Å². The summed E-state index contributed by atoms with van der Waals surface area (Å²) in [5.41, 5.74) is 0. The second-order valence-electron chi connectivity index (χ2n) is 8.52. The molecule has 214 valence electrons. The van der Waals surface area contributed by atoms with E-state index in [0.717, 1.165) is 27.5 Å². The van der Waals surface area contributed by atoms with Crippen molar-refractivity contribution in [2.24, 2.45) is 0 Å². The number of rotatable bonds is 20. The molecule has 0 spiro atoms. The summed E-state index contributed by atoms with van der Waals surface area (Å²) in [6, 6.07) is -1.27. The van der Waals surface area contributed by atoms with Crippen molar-refractivity contribution < 1.29 is 48.8 Å². The molecular weight excluding hydrogens is 490 g/mol. The van der Waals surface area contributed by atoms with Crippen molar-refractivity contribution in [2.75, 3.05) is 45.9 Å². The molecule has 0 aromatic heterocycles. The van der Waals surface area contributed by atoms with E-state index in [1.807, 2.05) is 20.8 Å². The fourth-order valence-corrected chi connectivity index (χ4v) is 3.37. The van der Waals surface area contributed by atoms with Crippen LogP contribution in [0.1, 0.15) is 72.1 Å². The highest BCUT2D eigenvalue weighted by atomic mass is 16.5. The molecule has 0 aliphatic carbocycles. The fraction of sp³-hybridized carbons (Fsp3) is 0.792. The quantitative estimate of drug-likeness (QED) is 0.196. The molecule has 1 atom stereocenters. The molecular formula is C24H43N3O10. The number of carbonyl (C=O) groups excluding carboxylic acids is 2. The second-order valence-corrected chi connectivity index (χ2v) is 8.52. The lowest BCUT2D eigenvalue weighted by Gasteiger charge is -2.28. The van der Waals surface area contributed by atoms with E-state index in [4.69, 9.17) is 9.47 Å². The SMILES string of the molecule is CCCCN(CCOC(=O)CCC(C(=O)OCCN(CCCC)C(=O)O)N(CCCC)C(=O)O)C(=O)O. The van der Waals surface area contributed by atoms with Crippen LogP contribution in [0.3, 0.4) is 0 Å². The van der Waals surface area contributed by atoms with Crippen LogP contribution in [0.5, 0.6) is 0 Å². The van der Waals surface area contributed by atoms with Gasteiger partial charge in [-0.2, -0.15) is 0 Å². The van der Waals surface area contributed by atoms with Crippen molar-refractivity contribution in [1.82, 2.24) is 14.7 Å². The highest BCUT2D eigenvalue weighted by molar-refractivity contribution is 5.81. The Labute approximate surface area is 218 Å². The second kappa shape index (κ2) is 19.9. The smallest absolute Gasteiger partial charge is 0.408 e. The molecule has 0 radical (unpaired) electrons. The molecule has 1 unspecified atom stereocenters. The Balaban J connectivity index is 5.08. The molecule has 0 rings (SSSR count). The molecule has 0 heterocycles. The number of carboxylic acid groups (broad SMARTS) is 3. The lowest BCUT2D eigenvalue weighted by atomic mass is 10.1. The summed E-state index contributed by atoms with van der Waals surface area (Å²) < 4.78 is 10.3. The third-order valence-corrected chi connectivity index (χ3v) is 5.60. The minimum atomic E-state index is -1.34. The van der Waals surface area contributed by atoms with E-state index in [1.54, 1.807) is 0 Å². The number of hydrogen-bond donors (Lipinski definition) is 3. The predicted octanol–water partition coefficient (Wildman–Crippen LogP) is 3.56. The van der Waals surface area contributed by atoms with Crippen LogP contribution in [0.4, 0.5) is 14.4 Å². The number of esters is 2. The normalized spacial score (nSPS) is 11.3. The van der Waals surface area contributed by atoms with Gasteiger partial charge in [-0.15, -0.1) is 0 Å². The van der Waals surface area contributed by atoms with Crippen LogP contribution in [-0.4, -0.2) is 112 Å². The predicted molar refractivity (Wildman–Crippen MR) is 134 cm³/mol. The average molecular weight is 534 g/mol. The first-order chi connectivity index (χ1) is 17.6. The van der Waals surface area contributed by atoms with Gasteiger partial charge in [-0.1, -0.05) is 40.0 Å². The topological polar surface area (TPSA) is 174 Å². The first-order valence-electron chi connectivity index (χ1n) is 12.9. The summed E-state index contributed by atoms with van der Waals surface area (Å²) >= 11 is 0. The van der Waals surface area contributed by atoms with E-state index in [2.05, 4.69) is 0 Å². The number of hydrogen-bond acceptors (Lipinski definition) is 7. The molecule has 0 saturated carbocycles. The summed E-state index contributed by atoms with van der Waals surface area (Å²) in [6.45, 7) is 5.90. The van der Waals surface area contributed by atoms with E-state index >= 15 is 0 Å². The van der Waals surface area contributed by atoms with Crippen molar-refractivity contribution in [3.63, 3.8) is 0 Å². The summed E-state index contributed by atoms with van der Waals surface area (Å²) in [5.74, 6) is -1.57. The zero-order valence-electron chi connectivity index (χ0n) is 22.2. The van der Waals surface area contributed by atoms with E-state index in [0.29, 0.717) is 32.2 Å². The van der Waals surface area contributed by atoms with Crippen LogP contribution in [-0.2, 0) is 19.1 Å².